The molecule has 2 N–H and O–H groups in total. The van der Waals surface area contributed by atoms with Crippen molar-refractivity contribution in [2.24, 2.45) is 4.99 Å². The SMILES string of the molecule is CCN1CCCC1CNC(=NC)NCC(c1ccco1)N(C)C. The predicted molar refractivity (Wildman–Crippen MR) is 94.8 cm³/mol. The Morgan fingerprint density at radius 2 is 2.30 bits per heavy atom. The van der Waals surface area contributed by atoms with Gasteiger partial charge in [0, 0.05) is 26.2 Å². The van der Waals surface area contributed by atoms with Gasteiger partial charge in [0.15, 0.2) is 5.96 Å². The van der Waals surface area contributed by atoms with Crippen LogP contribution in [0.15, 0.2) is 27.8 Å². The molecule has 1 saturated heterocycles. The number of guanidine groups is 1. The highest BCUT2D eigenvalue weighted by Crippen LogP contribution is 2.17. The van der Waals surface area contributed by atoms with Crippen molar-refractivity contribution in [3.8, 4) is 0 Å². The zero-order valence-corrected chi connectivity index (χ0v) is 14.9. The largest absolute Gasteiger partial charge is 0.468 e. The van der Waals surface area contributed by atoms with E-state index in [0.29, 0.717) is 6.04 Å². The van der Waals surface area contributed by atoms with E-state index in [1.807, 2.05) is 19.2 Å². The monoisotopic (exact) mass is 321 g/mol. The fourth-order valence-corrected chi connectivity index (χ4v) is 3.19. The van der Waals surface area contributed by atoms with Crippen molar-refractivity contribution >= 4 is 5.96 Å². The molecule has 0 saturated carbocycles. The summed E-state index contributed by atoms with van der Waals surface area (Å²) in [5.74, 6) is 1.82. The summed E-state index contributed by atoms with van der Waals surface area (Å²) in [6.07, 6.45) is 4.29. The molecule has 2 rings (SSSR count). The summed E-state index contributed by atoms with van der Waals surface area (Å²) in [5.41, 5.74) is 0. The minimum atomic E-state index is 0.183. The molecule has 23 heavy (non-hydrogen) atoms. The van der Waals surface area contributed by atoms with Gasteiger partial charge >= 0.3 is 0 Å². The molecule has 2 atom stereocenters. The smallest absolute Gasteiger partial charge is 0.191 e. The number of likely N-dealkylation sites (N-methyl/N-ethyl adjacent to an activating group) is 2. The number of nitrogens with one attached hydrogen (secondary N) is 2. The second kappa shape index (κ2) is 8.93. The molecular formula is C17H31N5O. The molecule has 0 amide bonds. The lowest BCUT2D eigenvalue weighted by atomic mass is 10.2. The molecule has 6 heteroatoms. The first-order valence-electron chi connectivity index (χ1n) is 8.54. The summed E-state index contributed by atoms with van der Waals surface area (Å²) in [6, 6.07) is 4.74. The molecule has 2 heterocycles. The van der Waals surface area contributed by atoms with Crippen LogP contribution < -0.4 is 10.6 Å². The molecule has 0 spiro atoms. The standard InChI is InChI=1S/C17H31N5O/c1-5-22-10-6-8-14(22)12-19-17(18-2)20-13-15(21(3)4)16-9-7-11-23-16/h7,9,11,14-15H,5-6,8,10,12-13H2,1-4H3,(H2,18,19,20). The van der Waals surface area contributed by atoms with Crippen LogP contribution in [-0.4, -0.2) is 69.1 Å². The van der Waals surface area contributed by atoms with Crippen molar-refractivity contribution in [1.29, 1.82) is 0 Å². The van der Waals surface area contributed by atoms with Crippen LogP contribution in [0.1, 0.15) is 31.6 Å². The molecule has 1 aromatic rings. The molecule has 0 aromatic carbocycles. The summed E-state index contributed by atoms with van der Waals surface area (Å²) >= 11 is 0. The molecule has 130 valence electrons. The van der Waals surface area contributed by atoms with E-state index in [9.17, 15) is 0 Å². The molecule has 1 aromatic heterocycles. The van der Waals surface area contributed by atoms with Gasteiger partial charge in [0.1, 0.15) is 5.76 Å². The number of hydrogen-bond acceptors (Lipinski definition) is 4. The predicted octanol–water partition coefficient (Wildman–Crippen LogP) is 1.53. The molecule has 0 aliphatic carbocycles. The number of aliphatic imine (C=N–C) groups is 1. The lowest BCUT2D eigenvalue weighted by Crippen LogP contribution is -2.46. The Morgan fingerprint density at radius 3 is 2.91 bits per heavy atom. The normalized spacial score (nSPS) is 20.9. The van der Waals surface area contributed by atoms with Gasteiger partial charge in [-0.2, -0.15) is 0 Å². The number of furan rings is 1. The first-order chi connectivity index (χ1) is 11.2. The average Bonchev–Trinajstić information content (AvgIpc) is 3.21. The Hall–Kier alpha value is -1.53. The minimum Gasteiger partial charge on any atom is -0.468 e. The quantitative estimate of drug-likeness (QED) is 0.589. The number of likely N-dealkylation sites (tertiary alicyclic amines) is 1. The third kappa shape index (κ3) is 4.97. The van der Waals surface area contributed by atoms with Gasteiger partial charge in [-0.05, 0) is 52.2 Å². The van der Waals surface area contributed by atoms with Crippen molar-refractivity contribution in [1.82, 2.24) is 20.4 Å². The summed E-state index contributed by atoms with van der Waals surface area (Å²) in [4.78, 5) is 9.02. The van der Waals surface area contributed by atoms with Gasteiger partial charge in [-0.25, -0.2) is 0 Å². The van der Waals surface area contributed by atoms with E-state index in [-0.39, 0.29) is 6.04 Å². The average molecular weight is 321 g/mol. The van der Waals surface area contributed by atoms with Crippen LogP contribution in [0.5, 0.6) is 0 Å². The third-order valence-corrected chi connectivity index (χ3v) is 4.59. The molecule has 2 unspecified atom stereocenters. The van der Waals surface area contributed by atoms with Crippen LogP contribution in [-0.2, 0) is 0 Å². The van der Waals surface area contributed by atoms with E-state index in [1.165, 1.54) is 19.4 Å². The highest BCUT2D eigenvalue weighted by atomic mass is 16.3. The summed E-state index contributed by atoms with van der Waals surface area (Å²) < 4.78 is 5.54. The molecule has 0 radical (unpaired) electrons. The number of nitrogens with zero attached hydrogens (tertiary/aromatic N) is 3. The van der Waals surface area contributed by atoms with Gasteiger partial charge in [0.2, 0.25) is 0 Å². The van der Waals surface area contributed by atoms with Crippen LogP contribution >= 0.6 is 0 Å². The van der Waals surface area contributed by atoms with E-state index in [4.69, 9.17) is 4.42 Å². The molecule has 1 fully saturated rings. The molecule has 1 aliphatic heterocycles. The maximum absolute atomic E-state index is 5.54. The van der Waals surface area contributed by atoms with E-state index < -0.39 is 0 Å². The van der Waals surface area contributed by atoms with Crippen molar-refractivity contribution in [2.45, 2.75) is 31.8 Å². The summed E-state index contributed by atoms with van der Waals surface area (Å²) in [7, 11) is 5.94. The Labute approximate surface area is 139 Å². The van der Waals surface area contributed by atoms with Gasteiger partial charge in [0.05, 0.1) is 12.3 Å². The topological polar surface area (TPSA) is 56.0 Å². The fourth-order valence-electron chi connectivity index (χ4n) is 3.19. The second-order valence-corrected chi connectivity index (χ2v) is 6.25. The van der Waals surface area contributed by atoms with E-state index >= 15 is 0 Å². The molecule has 6 nitrogen and oxygen atoms in total. The minimum absolute atomic E-state index is 0.183. The highest BCUT2D eigenvalue weighted by Gasteiger charge is 2.23. The Balaban J connectivity index is 1.82. The second-order valence-electron chi connectivity index (χ2n) is 6.25. The number of hydrogen-bond donors (Lipinski definition) is 2. The van der Waals surface area contributed by atoms with Gasteiger partial charge in [0.25, 0.3) is 0 Å². The van der Waals surface area contributed by atoms with Crippen LogP contribution in [0.2, 0.25) is 0 Å². The first-order valence-corrected chi connectivity index (χ1v) is 8.54. The highest BCUT2D eigenvalue weighted by molar-refractivity contribution is 5.79. The van der Waals surface area contributed by atoms with E-state index in [0.717, 1.165) is 31.4 Å². The van der Waals surface area contributed by atoms with Crippen molar-refractivity contribution < 1.29 is 4.42 Å². The van der Waals surface area contributed by atoms with Gasteiger partial charge < -0.3 is 15.1 Å². The fraction of sp³-hybridized carbons (Fsp3) is 0.706. The van der Waals surface area contributed by atoms with Gasteiger partial charge in [-0.1, -0.05) is 6.92 Å². The molecule has 0 bridgehead atoms. The van der Waals surface area contributed by atoms with Gasteiger partial charge in [-0.3, -0.25) is 14.8 Å². The Bertz CT molecular complexity index is 471. The number of rotatable bonds is 7. The first kappa shape index (κ1) is 17.8. The lowest BCUT2D eigenvalue weighted by molar-refractivity contribution is 0.256. The van der Waals surface area contributed by atoms with Crippen molar-refractivity contribution in [2.75, 3.05) is 47.3 Å². The zero-order chi connectivity index (χ0) is 16.7. The van der Waals surface area contributed by atoms with Crippen molar-refractivity contribution in [3.63, 3.8) is 0 Å². The van der Waals surface area contributed by atoms with Gasteiger partial charge in [-0.15, -0.1) is 0 Å². The van der Waals surface area contributed by atoms with Crippen molar-refractivity contribution in [3.05, 3.63) is 24.2 Å². The Morgan fingerprint density at radius 1 is 1.48 bits per heavy atom. The van der Waals surface area contributed by atoms with Crippen LogP contribution in [0.3, 0.4) is 0 Å². The molecular weight excluding hydrogens is 290 g/mol. The van der Waals surface area contributed by atoms with Crippen LogP contribution in [0.4, 0.5) is 0 Å². The maximum Gasteiger partial charge on any atom is 0.191 e. The summed E-state index contributed by atoms with van der Waals surface area (Å²) in [6.45, 7) is 6.27. The maximum atomic E-state index is 5.54. The Kier molecular flexibility index (Phi) is 6.92. The molecule has 1 aliphatic rings. The van der Waals surface area contributed by atoms with E-state index in [2.05, 4.69) is 46.4 Å². The van der Waals surface area contributed by atoms with E-state index in [1.54, 1.807) is 6.26 Å². The summed E-state index contributed by atoms with van der Waals surface area (Å²) in [5, 5.41) is 6.88. The lowest BCUT2D eigenvalue weighted by Gasteiger charge is -2.26. The van der Waals surface area contributed by atoms with Crippen LogP contribution in [0, 0.1) is 0 Å². The third-order valence-electron chi connectivity index (χ3n) is 4.59. The zero-order valence-electron chi connectivity index (χ0n) is 14.9. The van der Waals surface area contributed by atoms with Crippen LogP contribution in [0.25, 0.3) is 0 Å².